The Hall–Kier alpha value is -1.58. The maximum Gasteiger partial charge on any atom is 0.246 e. The van der Waals surface area contributed by atoms with Crippen LogP contribution in [0.25, 0.3) is 0 Å². The van der Waals surface area contributed by atoms with Gasteiger partial charge in [-0.25, -0.2) is 17.2 Å². The second-order valence-corrected chi connectivity index (χ2v) is 7.49. The van der Waals surface area contributed by atoms with Crippen LogP contribution in [0.4, 0.5) is 8.78 Å². The second kappa shape index (κ2) is 7.54. The average molecular weight is 361 g/mol. The lowest BCUT2D eigenvalue weighted by atomic mass is 10.2. The first-order valence-electron chi connectivity index (χ1n) is 7.74. The van der Waals surface area contributed by atoms with Gasteiger partial charge in [-0.2, -0.15) is 4.31 Å². The van der Waals surface area contributed by atoms with Crippen LogP contribution in [0.15, 0.2) is 23.1 Å². The number of carbonyl (C=O) groups is 1. The third-order valence-corrected chi connectivity index (χ3v) is 5.98. The molecule has 0 aliphatic carbocycles. The van der Waals surface area contributed by atoms with E-state index in [1.807, 2.05) is 11.8 Å². The summed E-state index contributed by atoms with van der Waals surface area (Å²) in [6.07, 6.45) is 0. The van der Waals surface area contributed by atoms with E-state index in [1.54, 1.807) is 6.92 Å². The standard InChI is InChI=1S/C15H21F2N3O3S/c1-3-18-15(21)11(2)19-6-8-20(9-7-19)24(22,23)14-10-12(16)4-5-13(14)17/h4-5,10-11H,3,6-9H2,1-2H3,(H,18,21)/t11-/m0/s1. The van der Waals surface area contributed by atoms with E-state index in [9.17, 15) is 22.0 Å². The monoisotopic (exact) mass is 361 g/mol. The van der Waals surface area contributed by atoms with Crippen LogP contribution in [0.2, 0.25) is 0 Å². The molecular formula is C15H21F2N3O3S. The summed E-state index contributed by atoms with van der Waals surface area (Å²) in [5, 5.41) is 2.72. The summed E-state index contributed by atoms with van der Waals surface area (Å²) < 4.78 is 53.2. The molecule has 1 heterocycles. The summed E-state index contributed by atoms with van der Waals surface area (Å²) in [4.78, 5) is 13.0. The van der Waals surface area contributed by atoms with Gasteiger partial charge in [-0.3, -0.25) is 9.69 Å². The summed E-state index contributed by atoms with van der Waals surface area (Å²) in [5.41, 5.74) is 0. The minimum Gasteiger partial charge on any atom is -0.355 e. The van der Waals surface area contributed by atoms with Gasteiger partial charge in [0.15, 0.2) is 0 Å². The van der Waals surface area contributed by atoms with Crippen LogP contribution in [0, 0.1) is 11.6 Å². The number of carbonyl (C=O) groups excluding carboxylic acids is 1. The van der Waals surface area contributed by atoms with E-state index < -0.39 is 26.6 Å². The number of hydrogen-bond donors (Lipinski definition) is 1. The van der Waals surface area contributed by atoms with Crippen LogP contribution < -0.4 is 5.32 Å². The van der Waals surface area contributed by atoms with E-state index in [1.165, 1.54) is 0 Å². The average Bonchev–Trinajstić information content (AvgIpc) is 2.56. The van der Waals surface area contributed by atoms with Gasteiger partial charge in [0.1, 0.15) is 16.5 Å². The number of likely N-dealkylation sites (N-methyl/N-ethyl adjacent to an activating group) is 1. The number of halogens is 2. The molecule has 134 valence electrons. The zero-order valence-corrected chi connectivity index (χ0v) is 14.4. The summed E-state index contributed by atoms with van der Waals surface area (Å²) >= 11 is 0. The fourth-order valence-corrected chi connectivity index (χ4v) is 4.13. The number of nitrogens with zero attached hydrogens (tertiary/aromatic N) is 2. The van der Waals surface area contributed by atoms with E-state index >= 15 is 0 Å². The van der Waals surface area contributed by atoms with Gasteiger partial charge in [0.25, 0.3) is 0 Å². The SMILES string of the molecule is CCNC(=O)[C@H](C)N1CCN(S(=O)(=O)c2cc(F)ccc2F)CC1. The molecule has 1 amide bonds. The van der Waals surface area contributed by atoms with Crippen LogP contribution in [0.3, 0.4) is 0 Å². The topological polar surface area (TPSA) is 69.7 Å². The number of sulfonamides is 1. The van der Waals surface area contributed by atoms with E-state index in [0.29, 0.717) is 25.7 Å². The number of benzene rings is 1. The number of rotatable bonds is 5. The van der Waals surface area contributed by atoms with Gasteiger partial charge < -0.3 is 5.32 Å². The molecule has 1 aliphatic heterocycles. The van der Waals surface area contributed by atoms with Crippen molar-refractivity contribution in [3.8, 4) is 0 Å². The van der Waals surface area contributed by atoms with Crippen LogP contribution in [0.1, 0.15) is 13.8 Å². The molecule has 1 aromatic carbocycles. The lowest BCUT2D eigenvalue weighted by molar-refractivity contribution is -0.126. The highest BCUT2D eigenvalue weighted by molar-refractivity contribution is 7.89. The molecule has 1 aromatic rings. The van der Waals surface area contributed by atoms with Crippen molar-refractivity contribution in [1.29, 1.82) is 0 Å². The molecule has 1 atom stereocenters. The molecular weight excluding hydrogens is 340 g/mol. The zero-order chi connectivity index (χ0) is 17.9. The zero-order valence-electron chi connectivity index (χ0n) is 13.6. The molecule has 1 N–H and O–H groups in total. The lowest BCUT2D eigenvalue weighted by Crippen LogP contribution is -2.54. The summed E-state index contributed by atoms with van der Waals surface area (Å²) in [6, 6.07) is 1.99. The maximum absolute atomic E-state index is 13.8. The van der Waals surface area contributed by atoms with Gasteiger partial charge in [0.05, 0.1) is 6.04 Å². The normalized spacial score (nSPS) is 18.3. The number of amides is 1. The minimum atomic E-state index is -4.10. The molecule has 0 spiro atoms. The largest absolute Gasteiger partial charge is 0.355 e. The molecule has 9 heteroatoms. The Labute approximate surface area is 140 Å². The second-order valence-electron chi connectivity index (χ2n) is 5.59. The molecule has 1 saturated heterocycles. The highest BCUT2D eigenvalue weighted by Gasteiger charge is 2.33. The van der Waals surface area contributed by atoms with Crippen molar-refractivity contribution in [3.63, 3.8) is 0 Å². The Morgan fingerprint density at radius 2 is 1.88 bits per heavy atom. The van der Waals surface area contributed by atoms with Crippen LogP contribution in [-0.4, -0.2) is 62.3 Å². The molecule has 6 nitrogen and oxygen atoms in total. The first kappa shape index (κ1) is 18.8. The highest BCUT2D eigenvalue weighted by atomic mass is 32.2. The minimum absolute atomic E-state index is 0.113. The van der Waals surface area contributed by atoms with Crippen LogP contribution in [0.5, 0.6) is 0 Å². The van der Waals surface area contributed by atoms with E-state index in [2.05, 4.69) is 5.32 Å². The third-order valence-electron chi connectivity index (χ3n) is 4.06. The van der Waals surface area contributed by atoms with Crippen LogP contribution in [-0.2, 0) is 14.8 Å². The lowest BCUT2D eigenvalue weighted by Gasteiger charge is -2.36. The van der Waals surface area contributed by atoms with Gasteiger partial charge in [-0.15, -0.1) is 0 Å². The molecule has 0 radical (unpaired) electrons. The van der Waals surface area contributed by atoms with Gasteiger partial charge in [-0.05, 0) is 32.0 Å². The Morgan fingerprint density at radius 1 is 1.25 bits per heavy atom. The van der Waals surface area contributed by atoms with E-state index in [-0.39, 0.29) is 25.0 Å². The molecule has 1 aliphatic rings. The number of nitrogens with one attached hydrogen (secondary N) is 1. The van der Waals surface area contributed by atoms with Gasteiger partial charge >= 0.3 is 0 Å². The quantitative estimate of drug-likeness (QED) is 0.842. The van der Waals surface area contributed by atoms with Crippen molar-refractivity contribution in [1.82, 2.24) is 14.5 Å². The van der Waals surface area contributed by atoms with E-state index in [4.69, 9.17) is 0 Å². The van der Waals surface area contributed by atoms with Gasteiger partial charge in [-0.1, -0.05) is 0 Å². The molecule has 24 heavy (non-hydrogen) atoms. The Kier molecular flexibility index (Phi) is 5.89. The van der Waals surface area contributed by atoms with Gasteiger partial charge in [0, 0.05) is 32.7 Å². The third kappa shape index (κ3) is 3.90. The first-order valence-corrected chi connectivity index (χ1v) is 9.18. The highest BCUT2D eigenvalue weighted by Crippen LogP contribution is 2.22. The Bertz CT molecular complexity index is 704. The molecule has 2 rings (SSSR count). The van der Waals surface area contributed by atoms with Crippen molar-refractivity contribution in [2.75, 3.05) is 32.7 Å². The first-order chi connectivity index (χ1) is 11.3. The Morgan fingerprint density at radius 3 is 2.46 bits per heavy atom. The van der Waals surface area contributed by atoms with Crippen molar-refractivity contribution in [3.05, 3.63) is 29.8 Å². The summed E-state index contributed by atoms with van der Waals surface area (Å²) in [6.45, 7) is 5.01. The predicted molar refractivity (Wildman–Crippen MR) is 84.8 cm³/mol. The maximum atomic E-state index is 13.8. The molecule has 1 fully saturated rings. The van der Waals surface area contributed by atoms with Crippen molar-refractivity contribution >= 4 is 15.9 Å². The van der Waals surface area contributed by atoms with E-state index in [0.717, 1.165) is 16.4 Å². The summed E-state index contributed by atoms with van der Waals surface area (Å²) in [5.74, 6) is -1.90. The Balaban J connectivity index is 2.08. The van der Waals surface area contributed by atoms with Crippen molar-refractivity contribution in [2.24, 2.45) is 0 Å². The molecule has 0 aromatic heterocycles. The fourth-order valence-electron chi connectivity index (χ4n) is 2.63. The summed E-state index contributed by atoms with van der Waals surface area (Å²) in [7, 11) is -4.10. The molecule has 0 saturated carbocycles. The molecule has 0 unspecified atom stereocenters. The van der Waals surface area contributed by atoms with Gasteiger partial charge in [0.2, 0.25) is 15.9 Å². The van der Waals surface area contributed by atoms with Crippen molar-refractivity contribution < 1.29 is 22.0 Å². The van der Waals surface area contributed by atoms with Crippen LogP contribution >= 0.6 is 0 Å². The van der Waals surface area contributed by atoms with Crippen molar-refractivity contribution in [2.45, 2.75) is 24.8 Å². The smallest absolute Gasteiger partial charge is 0.246 e. The number of piperazine rings is 1. The predicted octanol–water partition coefficient (Wildman–Crippen LogP) is 0.796. The molecule has 0 bridgehead atoms. The fraction of sp³-hybridized carbons (Fsp3) is 0.533. The number of hydrogen-bond acceptors (Lipinski definition) is 4.